The highest BCUT2D eigenvalue weighted by atomic mass is 32.1. The number of fused-ring (bicyclic) bond motifs is 1. The van der Waals surface area contributed by atoms with Crippen molar-refractivity contribution in [3.63, 3.8) is 0 Å². The van der Waals surface area contributed by atoms with Crippen LogP contribution >= 0.6 is 12.2 Å². The first kappa shape index (κ1) is 19.5. The minimum Gasteiger partial charge on any atom is -0.454 e. The van der Waals surface area contributed by atoms with Gasteiger partial charge in [-0.15, -0.1) is 0 Å². The zero-order chi connectivity index (χ0) is 20.9. The number of anilines is 3. The average molecular weight is 420 g/mol. The van der Waals surface area contributed by atoms with Gasteiger partial charge in [0.15, 0.2) is 16.6 Å². The Hall–Kier alpha value is -3.78. The Kier molecular flexibility index (Phi) is 5.67. The Balaban J connectivity index is 1.30. The van der Waals surface area contributed by atoms with Crippen molar-refractivity contribution < 1.29 is 14.3 Å². The first-order chi connectivity index (χ1) is 14.6. The standard InChI is InChI=1S/C22H20N4O3S/c23-17-3-1-2-4-18(17)26-21(27)15-6-8-16(9-7-15)25-22(30)24-12-14-5-10-19-20(11-14)29-13-28-19/h1-11H,12-13,23H2,(H,26,27)(H2,24,25,30). The number of benzene rings is 3. The molecule has 0 aliphatic carbocycles. The van der Waals surface area contributed by atoms with Crippen LogP contribution in [0.1, 0.15) is 15.9 Å². The summed E-state index contributed by atoms with van der Waals surface area (Å²) in [4.78, 5) is 12.4. The zero-order valence-electron chi connectivity index (χ0n) is 16.0. The van der Waals surface area contributed by atoms with Crippen molar-refractivity contribution in [2.75, 3.05) is 23.2 Å². The molecule has 8 heteroatoms. The summed E-state index contributed by atoms with van der Waals surface area (Å²) in [5.74, 6) is 1.25. The number of rotatable bonds is 5. The summed E-state index contributed by atoms with van der Waals surface area (Å²) < 4.78 is 10.7. The van der Waals surface area contributed by atoms with Crippen molar-refractivity contribution >= 4 is 40.3 Å². The molecule has 1 aliphatic rings. The summed E-state index contributed by atoms with van der Waals surface area (Å²) in [6, 6.07) is 19.9. The normalized spacial score (nSPS) is 11.6. The van der Waals surface area contributed by atoms with E-state index in [1.807, 2.05) is 30.3 Å². The number of hydrogen-bond donors (Lipinski definition) is 4. The lowest BCUT2D eigenvalue weighted by atomic mass is 10.2. The van der Waals surface area contributed by atoms with Gasteiger partial charge in [-0.25, -0.2) is 0 Å². The largest absolute Gasteiger partial charge is 0.454 e. The van der Waals surface area contributed by atoms with Crippen LogP contribution in [0.15, 0.2) is 66.7 Å². The van der Waals surface area contributed by atoms with E-state index in [0.717, 1.165) is 22.7 Å². The molecular formula is C22H20N4O3S. The molecule has 7 nitrogen and oxygen atoms in total. The van der Waals surface area contributed by atoms with Crippen molar-refractivity contribution in [2.45, 2.75) is 6.54 Å². The van der Waals surface area contributed by atoms with Gasteiger partial charge >= 0.3 is 0 Å². The third-order valence-corrected chi connectivity index (χ3v) is 4.75. The highest BCUT2D eigenvalue weighted by molar-refractivity contribution is 7.80. The molecule has 1 amide bonds. The molecule has 0 bridgehead atoms. The summed E-state index contributed by atoms with van der Waals surface area (Å²) in [5, 5.41) is 9.52. The lowest BCUT2D eigenvalue weighted by molar-refractivity contribution is 0.102. The van der Waals surface area contributed by atoms with Gasteiger partial charge in [0.1, 0.15) is 0 Å². The number of hydrogen-bond acceptors (Lipinski definition) is 5. The van der Waals surface area contributed by atoms with Gasteiger partial charge in [-0.1, -0.05) is 18.2 Å². The molecule has 5 N–H and O–H groups in total. The molecule has 152 valence electrons. The lowest BCUT2D eigenvalue weighted by Gasteiger charge is -2.12. The van der Waals surface area contributed by atoms with Crippen LogP contribution in [0, 0.1) is 0 Å². The van der Waals surface area contributed by atoms with Crippen molar-refractivity contribution in [1.29, 1.82) is 0 Å². The van der Waals surface area contributed by atoms with Crippen LogP contribution in [0.5, 0.6) is 11.5 Å². The fraction of sp³-hybridized carbons (Fsp3) is 0.0909. The van der Waals surface area contributed by atoms with E-state index in [1.165, 1.54) is 0 Å². The first-order valence-electron chi connectivity index (χ1n) is 9.28. The van der Waals surface area contributed by atoms with Crippen LogP contribution in [0.3, 0.4) is 0 Å². The molecular weight excluding hydrogens is 400 g/mol. The predicted molar refractivity (Wildman–Crippen MR) is 121 cm³/mol. The Bertz CT molecular complexity index is 1090. The van der Waals surface area contributed by atoms with E-state index in [0.29, 0.717) is 28.6 Å². The van der Waals surface area contributed by atoms with Gasteiger partial charge in [0, 0.05) is 17.8 Å². The van der Waals surface area contributed by atoms with E-state index in [4.69, 9.17) is 27.4 Å². The van der Waals surface area contributed by atoms with Gasteiger partial charge in [-0.05, 0) is 66.3 Å². The number of nitrogens with one attached hydrogen (secondary N) is 3. The molecule has 4 rings (SSSR count). The van der Waals surface area contributed by atoms with Crippen LogP contribution in [-0.2, 0) is 6.54 Å². The summed E-state index contributed by atoms with van der Waals surface area (Å²) in [6.45, 7) is 0.792. The van der Waals surface area contributed by atoms with Crippen LogP contribution in [0.4, 0.5) is 17.1 Å². The fourth-order valence-corrected chi connectivity index (χ4v) is 3.11. The van der Waals surface area contributed by atoms with Crippen molar-refractivity contribution in [1.82, 2.24) is 5.32 Å². The van der Waals surface area contributed by atoms with Gasteiger partial charge in [-0.3, -0.25) is 4.79 Å². The molecule has 0 aromatic heterocycles. The van der Waals surface area contributed by atoms with Gasteiger partial charge in [0.05, 0.1) is 11.4 Å². The van der Waals surface area contributed by atoms with Crippen LogP contribution in [-0.4, -0.2) is 17.8 Å². The molecule has 0 saturated heterocycles. The maximum Gasteiger partial charge on any atom is 0.255 e. The number of carbonyl (C=O) groups is 1. The summed E-state index contributed by atoms with van der Waals surface area (Å²) in [7, 11) is 0. The molecule has 3 aromatic rings. The van der Waals surface area contributed by atoms with Gasteiger partial charge in [0.25, 0.3) is 5.91 Å². The van der Waals surface area contributed by atoms with Gasteiger partial charge in [0.2, 0.25) is 6.79 Å². The number of ether oxygens (including phenoxy) is 2. The molecule has 30 heavy (non-hydrogen) atoms. The molecule has 0 unspecified atom stereocenters. The third-order valence-electron chi connectivity index (χ3n) is 4.50. The maximum absolute atomic E-state index is 12.4. The lowest BCUT2D eigenvalue weighted by Crippen LogP contribution is -2.27. The molecule has 3 aromatic carbocycles. The topological polar surface area (TPSA) is 97.6 Å². The third kappa shape index (κ3) is 4.61. The van der Waals surface area contributed by atoms with E-state index >= 15 is 0 Å². The molecule has 1 aliphatic heterocycles. The second kappa shape index (κ2) is 8.71. The number of para-hydroxylation sites is 2. The van der Waals surface area contributed by atoms with Crippen LogP contribution < -0.4 is 31.2 Å². The van der Waals surface area contributed by atoms with Crippen LogP contribution in [0.2, 0.25) is 0 Å². The average Bonchev–Trinajstić information content (AvgIpc) is 3.22. The van der Waals surface area contributed by atoms with E-state index in [1.54, 1.807) is 36.4 Å². The Morgan fingerprint density at radius 3 is 2.53 bits per heavy atom. The summed E-state index contributed by atoms with van der Waals surface area (Å²) in [6.07, 6.45) is 0. The minimum atomic E-state index is -0.233. The number of amides is 1. The van der Waals surface area contributed by atoms with Crippen molar-refractivity contribution in [3.8, 4) is 11.5 Å². The zero-order valence-corrected chi connectivity index (χ0v) is 16.8. The molecule has 0 fully saturated rings. The van der Waals surface area contributed by atoms with Gasteiger partial charge < -0.3 is 31.2 Å². The maximum atomic E-state index is 12.4. The predicted octanol–water partition coefficient (Wildman–Crippen LogP) is 3.74. The van der Waals surface area contributed by atoms with E-state index < -0.39 is 0 Å². The molecule has 1 heterocycles. The first-order valence-corrected chi connectivity index (χ1v) is 9.68. The number of nitrogen functional groups attached to an aromatic ring is 1. The fourth-order valence-electron chi connectivity index (χ4n) is 2.92. The number of thiocarbonyl (C=S) groups is 1. The summed E-state index contributed by atoms with van der Waals surface area (Å²) in [5.41, 5.74) is 9.28. The smallest absolute Gasteiger partial charge is 0.255 e. The Labute approximate surface area is 179 Å². The Morgan fingerprint density at radius 1 is 0.967 bits per heavy atom. The number of carbonyl (C=O) groups excluding carboxylic acids is 1. The minimum absolute atomic E-state index is 0.233. The highest BCUT2D eigenvalue weighted by Crippen LogP contribution is 2.32. The second-order valence-corrected chi connectivity index (χ2v) is 7.02. The van der Waals surface area contributed by atoms with E-state index in [9.17, 15) is 4.79 Å². The Morgan fingerprint density at radius 2 is 1.73 bits per heavy atom. The molecule has 0 spiro atoms. The number of nitrogens with two attached hydrogens (primary N) is 1. The van der Waals surface area contributed by atoms with Gasteiger partial charge in [-0.2, -0.15) is 0 Å². The van der Waals surface area contributed by atoms with Crippen molar-refractivity contribution in [3.05, 3.63) is 77.9 Å². The monoisotopic (exact) mass is 420 g/mol. The quantitative estimate of drug-likeness (QED) is 0.369. The SMILES string of the molecule is Nc1ccccc1NC(=O)c1ccc(NC(=S)NCc2ccc3c(c2)OCO3)cc1. The van der Waals surface area contributed by atoms with E-state index in [-0.39, 0.29) is 12.7 Å². The van der Waals surface area contributed by atoms with Crippen molar-refractivity contribution in [2.24, 2.45) is 0 Å². The molecule has 0 saturated carbocycles. The van der Waals surface area contributed by atoms with Crippen LogP contribution in [0.25, 0.3) is 0 Å². The molecule has 0 radical (unpaired) electrons. The summed E-state index contributed by atoms with van der Waals surface area (Å²) >= 11 is 5.35. The second-order valence-electron chi connectivity index (χ2n) is 6.61. The highest BCUT2D eigenvalue weighted by Gasteiger charge is 2.13. The molecule has 0 atom stereocenters. The van der Waals surface area contributed by atoms with E-state index in [2.05, 4.69) is 16.0 Å².